The third-order valence-corrected chi connectivity index (χ3v) is 4.76. The van der Waals surface area contributed by atoms with E-state index in [1.54, 1.807) is 41.4 Å². The molecule has 6 heteroatoms. The minimum atomic E-state index is 0.371. The molecule has 0 saturated heterocycles. The molecule has 4 rings (SSSR count). The van der Waals surface area contributed by atoms with Crippen LogP contribution < -0.4 is 9.64 Å². The van der Waals surface area contributed by atoms with Crippen molar-refractivity contribution >= 4 is 34.6 Å². The number of halogens is 1. The number of nitrogens with one attached hydrogen (secondary N) is 1. The number of H-pyrrole nitrogens is 1. The standard InChI is InChI=1S/C22H18ClN3O2/c23-17-7-9-18(10-8-17)28-22-21(6-3-12-24-22)26(15-27)13-11-16-14-25-20-5-2-1-4-19(16)20/h1-10,12,14-15,25H,11,13H2. The number of anilines is 1. The first-order valence-corrected chi connectivity index (χ1v) is 9.28. The number of nitrogens with zero attached hydrogens (tertiary/aromatic N) is 2. The third-order valence-electron chi connectivity index (χ3n) is 4.51. The van der Waals surface area contributed by atoms with Gasteiger partial charge in [0.05, 0.1) is 0 Å². The maximum Gasteiger partial charge on any atom is 0.243 e. The Morgan fingerprint density at radius 1 is 1.07 bits per heavy atom. The second-order valence-corrected chi connectivity index (χ2v) is 6.73. The third kappa shape index (κ3) is 3.85. The normalized spacial score (nSPS) is 10.8. The van der Waals surface area contributed by atoms with Crippen LogP contribution in [0.3, 0.4) is 0 Å². The minimum Gasteiger partial charge on any atom is -0.437 e. The quantitative estimate of drug-likeness (QED) is 0.440. The molecular formula is C22H18ClN3O2. The summed E-state index contributed by atoms with van der Waals surface area (Å²) in [4.78, 5) is 21.0. The molecule has 0 radical (unpaired) electrons. The van der Waals surface area contributed by atoms with E-state index in [0.717, 1.165) is 22.9 Å². The van der Waals surface area contributed by atoms with Crippen LogP contribution in [-0.4, -0.2) is 22.9 Å². The van der Waals surface area contributed by atoms with Gasteiger partial charge in [-0.2, -0.15) is 0 Å². The molecule has 2 aromatic carbocycles. The van der Waals surface area contributed by atoms with Crippen molar-refractivity contribution in [2.45, 2.75) is 6.42 Å². The van der Waals surface area contributed by atoms with Gasteiger partial charge in [-0.1, -0.05) is 29.8 Å². The molecule has 0 bridgehead atoms. The van der Waals surface area contributed by atoms with Gasteiger partial charge in [0.25, 0.3) is 0 Å². The zero-order valence-electron chi connectivity index (χ0n) is 15.0. The lowest BCUT2D eigenvalue weighted by molar-refractivity contribution is -0.107. The Kier molecular flexibility index (Phi) is 5.26. The first-order valence-electron chi connectivity index (χ1n) is 8.90. The average molecular weight is 392 g/mol. The topological polar surface area (TPSA) is 58.2 Å². The molecule has 0 atom stereocenters. The van der Waals surface area contributed by atoms with E-state index in [-0.39, 0.29) is 0 Å². The van der Waals surface area contributed by atoms with Crippen molar-refractivity contribution in [3.63, 3.8) is 0 Å². The van der Waals surface area contributed by atoms with Crippen molar-refractivity contribution in [3.05, 3.63) is 83.6 Å². The molecule has 0 fully saturated rings. The average Bonchev–Trinajstić information content (AvgIpc) is 3.14. The molecule has 1 amide bonds. The van der Waals surface area contributed by atoms with Gasteiger partial charge in [0.15, 0.2) is 0 Å². The summed E-state index contributed by atoms with van der Waals surface area (Å²) < 4.78 is 5.88. The fourth-order valence-corrected chi connectivity index (χ4v) is 3.23. The van der Waals surface area contributed by atoms with E-state index in [1.165, 1.54) is 0 Å². The van der Waals surface area contributed by atoms with E-state index in [4.69, 9.17) is 16.3 Å². The zero-order chi connectivity index (χ0) is 19.3. The van der Waals surface area contributed by atoms with Crippen molar-refractivity contribution < 1.29 is 9.53 Å². The predicted octanol–water partition coefficient (Wildman–Crippen LogP) is 5.21. The first-order chi connectivity index (χ1) is 13.7. The summed E-state index contributed by atoms with van der Waals surface area (Å²) in [6.07, 6.45) is 5.14. The monoisotopic (exact) mass is 391 g/mol. The molecule has 0 spiro atoms. The van der Waals surface area contributed by atoms with Crippen molar-refractivity contribution in [1.29, 1.82) is 0 Å². The SMILES string of the molecule is O=CN(CCc1c[nH]c2ccccc12)c1cccnc1Oc1ccc(Cl)cc1. The summed E-state index contributed by atoms with van der Waals surface area (Å²) in [5.74, 6) is 0.975. The molecule has 5 nitrogen and oxygen atoms in total. The molecule has 0 saturated carbocycles. The summed E-state index contributed by atoms with van der Waals surface area (Å²) in [7, 11) is 0. The number of benzene rings is 2. The van der Waals surface area contributed by atoms with Gasteiger partial charge in [-0.3, -0.25) is 4.79 Å². The highest BCUT2D eigenvalue weighted by molar-refractivity contribution is 6.30. The summed E-state index contributed by atoms with van der Waals surface area (Å²) in [6, 6.07) is 18.7. The Bertz CT molecular complexity index is 1090. The summed E-state index contributed by atoms with van der Waals surface area (Å²) in [5, 5.41) is 1.79. The van der Waals surface area contributed by atoms with Crippen LogP contribution in [0.25, 0.3) is 10.9 Å². The number of amides is 1. The van der Waals surface area contributed by atoms with Crippen molar-refractivity contribution in [1.82, 2.24) is 9.97 Å². The van der Waals surface area contributed by atoms with E-state index < -0.39 is 0 Å². The molecule has 1 N–H and O–H groups in total. The first kappa shape index (κ1) is 18.1. The molecular weight excluding hydrogens is 374 g/mol. The van der Waals surface area contributed by atoms with Crippen molar-refractivity contribution in [2.24, 2.45) is 0 Å². The second kappa shape index (κ2) is 8.15. The highest BCUT2D eigenvalue weighted by Gasteiger charge is 2.14. The number of aromatic nitrogens is 2. The lowest BCUT2D eigenvalue weighted by atomic mass is 10.1. The van der Waals surface area contributed by atoms with Gasteiger partial charge >= 0.3 is 0 Å². The minimum absolute atomic E-state index is 0.371. The molecule has 28 heavy (non-hydrogen) atoms. The largest absolute Gasteiger partial charge is 0.437 e. The van der Waals surface area contributed by atoms with Crippen LogP contribution in [0.4, 0.5) is 5.69 Å². The molecule has 4 aromatic rings. The lowest BCUT2D eigenvalue weighted by Crippen LogP contribution is -2.24. The van der Waals surface area contributed by atoms with Crippen LogP contribution >= 0.6 is 11.6 Å². The number of hydrogen-bond acceptors (Lipinski definition) is 3. The Balaban J connectivity index is 1.54. The molecule has 0 aliphatic heterocycles. The van der Waals surface area contributed by atoms with Crippen LogP contribution in [0, 0.1) is 0 Å². The number of para-hydroxylation sites is 1. The highest BCUT2D eigenvalue weighted by Crippen LogP contribution is 2.30. The number of hydrogen-bond donors (Lipinski definition) is 1. The number of ether oxygens (including phenoxy) is 1. The van der Waals surface area contributed by atoms with Gasteiger partial charge in [0.2, 0.25) is 12.3 Å². The van der Waals surface area contributed by atoms with Gasteiger partial charge in [0.1, 0.15) is 11.4 Å². The van der Waals surface area contributed by atoms with Crippen LogP contribution in [-0.2, 0) is 11.2 Å². The number of fused-ring (bicyclic) bond motifs is 1. The maximum atomic E-state index is 11.8. The van der Waals surface area contributed by atoms with E-state index in [9.17, 15) is 4.79 Å². The Morgan fingerprint density at radius 3 is 2.71 bits per heavy atom. The van der Waals surface area contributed by atoms with Crippen molar-refractivity contribution in [2.75, 3.05) is 11.4 Å². The van der Waals surface area contributed by atoms with Gasteiger partial charge in [-0.15, -0.1) is 0 Å². The molecule has 0 aliphatic rings. The number of carbonyl (C=O) groups excluding carboxylic acids is 1. The zero-order valence-corrected chi connectivity index (χ0v) is 15.8. The molecule has 140 valence electrons. The van der Waals surface area contributed by atoms with Crippen LogP contribution in [0.15, 0.2) is 73.1 Å². The Morgan fingerprint density at radius 2 is 1.89 bits per heavy atom. The molecule has 0 unspecified atom stereocenters. The van der Waals surface area contributed by atoms with E-state index >= 15 is 0 Å². The maximum absolute atomic E-state index is 11.8. The van der Waals surface area contributed by atoms with Gasteiger partial charge in [-0.05, 0) is 54.4 Å². The fourth-order valence-electron chi connectivity index (χ4n) is 3.10. The van der Waals surface area contributed by atoms with Crippen LogP contribution in [0.2, 0.25) is 5.02 Å². The Hall–Kier alpha value is -3.31. The van der Waals surface area contributed by atoms with Crippen molar-refractivity contribution in [3.8, 4) is 11.6 Å². The molecule has 0 aliphatic carbocycles. The van der Waals surface area contributed by atoms with E-state index in [2.05, 4.69) is 16.0 Å². The molecule has 2 heterocycles. The smallest absolute Gasteiger partial charge is 0.243 e. The number of pyridine rings is 1. The van der Waals surface area contributed by atoms with Crippen LogP contribution in [0.1, 0.15) is 5.56 Å². The number of rotatable bonds is 7. The van der Waals surface area contributed by atoms with Crippen LogP contribution in [0.5, 0.6) is 11.6 Å². The van der Waals surface area contributed by atoms with E-state index in [1.807, 2.05) is 30.5 Å². The van der Waals surface area contributed by atoms with Gasteiger partial charge in [-0.25, -0.2) is 4.98 Å². The van der Waals surface area contributed by atoms with Gasteiger partial charge in [0, 0.05) is 34.9 Å². The number of aromatic amines is 1. The van der Waals surface area contributed by atoms with Gasteiger partial charge < -0.3 is 14.6 Å². The summed E-state index contributed by atoms with van der Waals surface area (Å²) in [5.41, 5.74) is 2.86. The lowest BCUT2D eigenvalue weighted by Gasteiger charge is -2.19. The number of carbonyl (C=O) groups is 1. The van der Waals surface area contributed by atoms with E-state index in [0.29, 0.717) is 35.3 Å². The summed E-state index contributed by atoms with van der Waals surface area (Å²) >= 11 is 5.92. The molecule has 2 aromatic heterocycles. The predicted molar refractivity (Wildman–Crippen MR) is 111 cm³/mol. The Labute approximate surface area is 167 Å². The summed E-state index contributed by atoms with van der Waals surface area (Å²) in [6.45, 7) is 0.508. The fraction of sp³-hybridized carbons (Fsp3) is 0.0909. The highest BCUT2D eigenvalue weighted by atomic mass is 35.5. The second-order valence-electron chi connectivity index (χ2n) is 6.29.